The van der Waals surface area contributed by atoms with Gasteiger partial charge < -0.3 is 0 Å². The first-order chi connectivity index (χ1) is 5.65. The Bertz CT molecular complexity index is 312. The Labute approximate surface area is 75.1 Å². The van der Waals surface area contributed by atoms with Crippen LogP contribution in [0.4, 0.5) is 5.69 Å². The molecule has 0 amide bonds. The first kappa shape index (κ1) is 9.00. The lowest BCUT2D eigenvalue weighted by Gasteiger charge is -1.98. The van der Waals surface area contributed by atoms with Crippen LogP contribution in [0, 0.1) is 17.0 Å². The van der Waals surface area contributed by atoms with E-state index in [2.05, 4.69) is 6.92 Å². The van der Waals surface area contributed by atoms with E-state index in [1.807, 2.05) is 0 Å². The summed E-state index contributed by atoms with van der Waals surface area (Å²) in [7, 11) is 0. The van der Waals surface area contributed by atoms with Crippen LogP contribution >= 0.6 is 11.6 Å². The molecule has 63 valence electrons. The standard InChI is InChI=1S/C8H7ClNO2/c1-2-6-3-4-7(9)5-8(6)10(11)12/h3-5H,1-2H2. The summed E-state index contributed by atoms with van der Waals surface area (Å²) in [5, 5.41) is 10.8. The predicted molar refractivity (Wildman–Crippen MR) is 47.2 cm³/mol. The highest BCUT2D eigenvalue weighted by Crippen LogP contribution is 2.23. The summed E-state index contributed by atoms with van der Waals surface area (Å²) in [4.78, 5) is 10.0. The van der Waals surface area contributed by atoms with Crippen molar-refractivity contribution in [2.45, 2.75) is 6.42 Å². The number of rotatable bonds is 2. The predicted octanol–water partition coefficient (Wildman–Crippen LogP) is 2.62. The minimum Gasteiger partial charge on any atom is -0.258 e. The van der Waals surface area contributed by atoms with Gasteiger partial charge >= 0.3 is 0 Å². The fourth-order valence-corrected chi connectivity index (χ4v) is 1.08. The minimum atomic E-state index is -0.452. The molecule has 0 saturated heterocycles. The first-order valence-corrected chi connectivity index (χ1v) is 3.75. The van der Waals surface area contributed by atoms with Crippen molar-refractivity contribution in [3.8, 4) is 0 Å². The molecule has 12 heavy (non-hydrogen) atoms. The Morgan fingerprint density at radius 1 is 1.58 bits per heavy atom. The van der Waals surface area contributed by atoms with E-state index in [1.165, 1.54) is 6.07 Å². The van der Waals surface area contributed by atoms with Crippen LogP contribution in [-0.4, -0.2) is 4.92 Å². The molecule has 0 aliphatic rings. The van der Waals surface area contributed by atoms with E-state index in [0.717, 1.165) is 0 Å². The molecular formula is C8H7ClNO2. The van der Waals surface area contributed by atoms with Crippen LogP contribution in [0.15, 0.2) is 18.2 Å². The number of benzene rings is 1. The van der Waals surface area contributed by atoms with Gasteiger partial charge in [0.2, 0.25) is 0 Å². The molecule has 0 atom stereocenters. The maximum absolute atomic E-state index is 10.5. The smallest absolute Gasteiger partial charge is 0.258 e. The molecule has 0 aromatic heterocycles. The molecule has 0 N–H and O–H groups in total. The second kappa shape index (κ2) is 3.54. The van der Waals surface area contributed by atoms with Crippen molar-refractivity contribution < 1.29 is 4.92 Å². The highest BCUT2D eigenvalue weighted by atomic mass is 35.5. The van der Waals surface area contributed by atoms with Gasteiger partial charge in [0.15, 0.2) is 0 Å². The molecule has 0 bridgehead atoms. The van der Waals surface area contributed by atoms with Crippen molar-refractivity contribution in [1.29, 1.82) is 0 Å². The molecule has 0 aliphatic heterocycles. The van der Waals surface area contributed by atoms with E-state index in [1.54, 1.807) is 12.1 Å². The summed E-state index contributed by atoms with van der Waals surface area (Å²) in [5.74, 6) is 0. The van der Waals surface area contributed by atoms with Gasteiger partial charge in [0, 0.05) is 16.7 Å². The van der Waals surface area contributed by atoms with Gasteiger partial charge in [-0.1, -0.05) is 17.7 Å². The molecular weight excluding hydrogens is 178 g/mol. The number of nitro groups is 1. The molecule has 1 aromatic carbocycles. The first-order valence-electron chi connectivity index (χ1n) is 3.37. The Morgan fingerprint density at radius 2 is 2.25 bits per heavy atom. The van der Waals surface area contributed by atoms with Gasteiger partial charge in [0.1, 0.15) is 0 Å². The summed E-state index contributed by atoms with van der Waals surface area (Å²) in [5.41, 5.74) is 0.641. The van der Waals surface area contributed by atoms with Gasteiger partial charge in [0.25, 0.3) is 5.69 Å². The lowest BCUT2D eigenvalue weighted by Crippen LogP contribution is -1.93. The summed E-state index contributed by atoms with van der Waals surface area (Å²) < 4.78 is 0. The number of hydrogen-bond acceptors (Lipinski definition) is 2. The summed E-state index contributed by atoms with van der Waals surface area (Å²) in [6.45, 7) is 3.58. The van der Waals surface area contributed by atoms with E-state index in [-0.39, 0.29) is 5.69 Å². The maximum atomic E-state index is 10.5. The molecule has 0 aliphatic carbocycles. The highest BCUT2D eigenvalue weighted by Gasteiger charge is 2.11. The second-order valence-corrected chi connectivity index (χ2v) is 2.72. The lowest BCUT2D eigenvalue weighted by atomic mass is 10.1. The van der Waals surface area contributed by atoms with Crippen molar-refractivity contribution in [3.05, 3.63) is 45.8 Å². The van der Waals surface area contributed by atoms with E-state index in [4.69, 9.17) is 11.6 Å². The Kier molecular flexibility index (Phi) is 2.65. The number of nitro benzene ring substituents is 1. The fraction of sp³-hybridized carbons (Fsp3) is 0.125. The zero-order valence-corrected chi connectivity index (χ0v) is 7.04. The van der Waals surface area contributed by atoms with Crippen molar-refractivity contribution in [1.82, 2.24) is 0 Å². The molecule has 0 fully saturated rings. The number of halogens is 1. The Hall–Kier alpha value is -1.09. The molecule has 4 heteroatoms. The van der Waals surface area contributed by atoms with Gasteiger partial charge in [-0.05, 0) is 19.4 Å². The van der Waals surface area contributed by atoms with Gasteiger partial charge in [-0.15, -0.1) is 0 Å². The van der Waals surface area contributed by atoms with Crippen LogP contribution in [0.1, 0.15) is 5.56 Å². The van der Waals surface area contributed by atoms with Gasteiger partial charge in [-0.3, -0.25) is 10.1 Å². The molecule has 0 unspecified atom stereocenters. The Balaban J connectivity index is 3.21. The third-order valence-corrected chi connectivity index (χ3v) is 1.75. The quantitative estimate of drug-likeness (QED) is 0.524. The molecule has 3 nitrogen and oxygen atoms in total. The fourth-order valence-electron chi connectivity index (χ4n) is 0.918. The molecule has 0 heterocycles. The van der Waals surface area contributed by atoms with Gasteiger partial charge in [-0.25, -0.2) is 0 Å². The summed E-state index contributed by atoms with van der Waals surface area (Å²) in [6, 6.07) is 4.57. The highest BCUT2D eigenvalue weighted by molar-refractivity contribution is 6.30. The monoisotopic (exact) mass is 184 g/mol. The number of nitrogens with zero attached hydrogens (tertiary/aromatic N) is 1. The van der Waals surface area contributed by atoms with E-state index in [0.29, 0.717) is 17.0 Å². The van der Waals surface area contributed by atoms with Crippen LogP contribution in [0.25, 0.3) is 0 Å². The minimum absolute atomic E-state index is 0.0394. The van der Waals surface area contributed by atoms with Crippen LogP contribution in [0.5, 0.6) is 0 Å². The SMILES string of the molecule is [CH2]Cc1ccc(Cl)cc1[N+](=O)[O-]. The zero-order valence-electron chi connectivity index (χ0n) is 6.29. The van der Waals surface area contributed by atoms with Gasteiger partial charge in [0.05, 0.1) is 4.92 Å². The van der Waals surface area contributed by atoms with Crippen LogP contribution in [0.3, 0.4) is 0 Å². The topological polar surface area (TPSA) is 43.1 Å². The largest absolute Gasteiger partial charge is 0.274 e. The Morgan fingerprint density at radius 3 is 2.75 bits per heavy atom. The lowest BCUT2D eigenvalue weighted by molar-refractivity contribution is -0.385. The average molecular weight is 185 g/mol. The third-order valence-electron chi connectivity index (χ3n) is 1.51. The normalized spacial score (nSPS) is 9.83. The van der Waals surface area contributed by atoms with E-state index in [9.17, 15) is 10.1 Å². The average Bonchev–Trinajstić information content (AvgIpc) is 2.04. The van der Waals surface area contributed by atoms with E-state index >= 15 is 0 Å². The number of hydrogen-bond donors (Lipinski definition) is 0. The van der Waals surface area contributed by atoms with Crippen LogP contribution in [0.2, 0.25) is 5.02 Å². The summed E-state index contributed by atoms with van der Waals surface area (Å²) >= 11 is 5.59. The second-order valence-electron chi connectivity index (χ2n) is 2.28. The van der Waals surface area contributed by atoms with Crippen LogP contribution in [-0.2, 0) is 6.42 Å². The van der Waals surface area contributed by atoms with Crippen LogP contribution < -0.4 is 0 Å². The maximum Gasteiger partial charge on any atom is 0.274 e. The molecule has 1 radical (unpaired) electrons. The molecule has 1 rings (SSSR count). The molecule has 1 aromatic rings. The van der Waals surface area contributed by atoms with Crippen molar-refractivity contribution in [2.75, 3.05) is 0 Å². The molecule has 0 spiro atoms. The van der Waals surface area contributed by atoms with E-state index < -0.39 is 4.92 Å². The van der Waals surface area contributed by atoms with Gasteiger partial charge in [-0.2, -0.15) is 0 Å². The molecule has 0 saturated carbocycles. The van der Waals surface area contributed by atoms with Crippen molar-refractivity contribution in [2.24, 2.45) is 0 Å². The summed E-state index contributed by atoms with van der Waals surface area (Å²) in [6.07, 6.45) is 0.396. The van der Waals surface area contributed by atoms with Crippen molar-refractivity contribution >= 4 is 17.3 Å². The third kappa shape index (κ3) is 1.74. The van der Waals surface area contributed by atoms with Crippen molar-refractivity contribution in [3.63, 3.8) is 0 Å². The zero-order chi connectivity index (χ0) is 9.14.